The molecule has 0 aliphatic carbocycles. The molecule has 0 aliphatic heterocycles. The zero-order chi connectivity index (χ0) is 12.3. The lowest BCUT2D eigenvalue weighted by Crippen LogP contribution is -2.03. The molecule has 1 N–H and O–H groups in total. The molecule has 0 saturated carbocycles. The van der Waals surface area contributed by atoms with Crippen molar-refractivity contribution in [2.75, 3.05) is 0 Å². The molecule has 4 nitrogen and oxygen atoms in total. The van der Waals surface area contributed by atoms with Gasteiger partial charge < -0.3 is 5.11 Å². The van der Waals surface area contributed by atoms with Gasteiger partial charge in [-0.15, -0.1) is 0 Å². The van der Waals surface area contributed by atoms with E-state index in [2.05, 4.69) is 9.97 Å². The highest BCUT2D eigenvalue weighted by Crippen LogP contribution is 2.19. The fourth-order valence-electron chi connectivity index (χ4n) is 1.45. The molecule has 1 atom stereocenters. The SMILES string of the molecule is Cc1cnc([C@H](O)c2ccc(C#N)cc2)cn1. The van der Waals surface area contributed by atoms with Crippen LogP contribution in [0.4, 0.5) is 0 Å². The van der Waals surface area contributed by atoms with Crippen LogP contribution in [0.25, 0.3) is 0 Å². The van der Waals surface area contributed by atoms with Gasteiger partial charge in [-0.05, 0) is 24.6 Å². The summed E-state index contributed by atoms with van der Waals surface area (Å²) in [7, 11) is 0. The molecule has 0 unspecified atom stereocenters. The molecular formula is C13H11N3O. The lowest BCUT2D eigenvalue weighted by Gasteiger charge is -2.09. The maximum absolute atomic E-state index is 10.1. The van der Waals surface area contributed by atoms with E-state index in [0.717, 1.165) is 5.69 Å². The molecule has 84 valence electrons. The van der Waals surface area contributed by atoms with Crippen molar-refractivity contribution >= 4 is 0 Å². The maximum Gasteiger partial charge on any atom is 0.123 e. The molecule has 1 aromatic heterocycles. The summed E-state index contributed by atoms with van der Waals surface area (Å²) in [4.78, 5) is 8.20. The van der Waals surface area contributed by atoms with Gasteiger partial charge in [0.25, 0.3) is 0 Å². The highest BCUT2D eigenvalue weighted by molar-refractivity contribution is 5.34. The van der Waals surface area contributed by atoms with Crippen molar-refractivity contribution in [2.45, 2.75) is 13.0 Å². The van der Waals surface area contributed by atoms with Gasteiger partial charge in [0.1, 0.15) is 6.10 Å². The van der Waals surface area contributed by atoms with Crippen LogP contribution in [0.3, 0.4) is 0 Å². The van der Waals surface area contributed by atoms with Crippen LogP contribution in [0.1, 0.15) is 28.6 Å². The molecule has 1 aromatic carbocycles. The zero-order valence-electron chi connectivity index (χ0n) is 9.33. The molecule has 1 heterocycles. The van der Waals surface area contributed by atoms with Gasteiger partial charge in [0.2, 0.25) is 0 Å². The smallest absolute Gasteiger partial charge is 0.123 e. The van der Waals surface area contributed by atoms with Crippen molar-refractivity contribution in [2.24, 2.45) is 0 Å². The summed E-state index contributed by atoms with van der Waals surface area (Å²) in [6, 6.07) is 8.79. The molecule has 0 bridgehead atoms. The second-order valence-corrected chi connectivity index (χ2v) is 3.72. The Morgan fingerprint density at radius 1 is 1.18 bits per heavy atom. The van der Waals surface area contributed by atoms with Gasteiger partial charge in [0.05, 0.1) is 29.2 Å². The average molecular weight is 225 g/mol. The van der Waals surface area contributed by atoms with Crippen LogP contribution in [-0.4, -0.2) is 15.1 Å². The Kier molecular flexibility index (Phi) is 3.12. The fraction of sp³-hybridized carbons (Fsp3) is 0.154. The monoisotopic (exact) mass is 225 g/mol. The summed E-state index contributed by atoms with van der Waals surface area (Å²) in [6.45, 7) is 1.84. The highest BCUT2D eigenvalue weighted by Gasteiger charge is 2.11. The Balaban J connectivity index is 2.27. The molecule has 0 saturated heterocycles. The van der Waals surface area contributed by atoms with Gasteiger partial charge in [0, 0.05) is 6.20 Å². The van der Waals surface area contributed by atoms with Crippen molar-refractivity contribution in [3.8, 4) is 6.07 Å². The van der Waals surface area contributed by atoms with Crippen molar-refractivity contribution in [1.82, 2.24) is 9.97 Å². The number of rotatable bonds is 2. The molecule has 0 fully saturated rings. The number of hydrogen-bond donors (Lipinski definition) is 1. The van der Waals surface area contributed by atoms with E-state index in [9.17, 15) is 5.11 Å². The number of aliphatic hydroxyl groups is 1. The van der Waals surface area contributed by atoms with Crippen molar-refractivity contribution in [3.05, 3.63) is 59.2 Å². The molecule has 2 aromatic rings. The van der Waals surface area contributed by atoms with E-state index in [4.69, 9.17) is 5.26 Å². The number of aliphatic hydroxyl groups excluding tert-OH is 1. The third-order valence-corrected chi connectivity index (χ3v) is 2.44. The summed E-state index contributed by atoms with van der Waals surface area (Å²) in [5, 5.41) is 18.7. The summed E-state index contributed by atoms with van der Waals surface area (Å²) in [5.41, 5.74) is 2.57. The van der Waals surface area contributed by atoms with Crippen LogP contribution in [0, 0.1) is 18.3 Å². The van der Waals surface area contributed by atoms with E-state index in [1.165, 1.54) is 0 Å². The topological polar surface area (TPSA) is 69.8 Å². The Bertz CT molecular complexity index is 540. The van der Waals surface area contributed by atoms with Crippen LogP contribution in [-0.2, 0) is 0 Å². The summed E-state index contributed by atoms with van der Waals surface area (Å²) in [5.74, 6) is 0. The lowest BCUT2D eigenvalue weighted by atomic mass is 10.1. The maximum atomic E-state index is 10.1. The molecule has 2 rings (SSSR count). The summed E-state index contributed by atoms with van der Waals surface area (Å²) in [6.07, 6.45) is 2.36. The fourth-order valence-corrected chi connectivity index (χ4v) is 1.45. The van der Waals surface area contributed by atoms with E-state index in [-0.39, 0.29) is 0 Å². The second-order valence-electron chi connectivity index (χ2n) is 3.72. The Morgan fingerprint density at radius 3 is 2.41 bits per heavy atom. The van der Waals surface area contributed by atoms with E-state index in [0.29, 0.717) is 16.8 Å². The Morgan fingerprint density at radius 2 is 1.88 bits per heavy atom. The van der Waals surface area contributed by atoms with Crippen LogP contribution < -0.4 is 0 Å². The molecular weight excluding hydrogens is 214 g/mol. The third-order valence-electron chi connectivity index (χ3n) is 2.44. The molecule has 4 heteroatoms. The predicted octanol–water partition coefficient (Wildman–Crippen LogP) is 1.74. The molecule has 0 aliphatic rings. The molecule has 0 spiro atoms. The minimum atomic E-state index is -0.809. The molecule has 0 amide bonds. The quantitative estimate of drug-likeness (QED) is 0.845. The first kappa shape index (κ1) is 11.2. The van der Waals surface area contributed by atoms with Gasteiger partial charge in [-0.2, -0.15) is 5.26 Å². The van der Waals surface area contributed by atoms with Crippen molar-refractivity contribution < 1.29 is 5.11 Å². The molecule has 17 heavy (non-hydrogen) atoms. The van der Waals surface area contributed by atoms with Crippen molar-refractivity contribution in [3.63, 3.8) is 0 Å². The largest absolute Gasteiger partial charge is 0.382 e. The van der Waals surface area contributed by atoms with Gasteiger partial charge in [-0.1, -0.05) is 12.1 Å². The van der Waals surface area contributed by atoms with Crippen LogP contribution >= 0.6 is 0 Å². The van der Waals surface area contributed by atoms with Gasteiger partial charge in [-0.3, -0.25) is 9.97 Å². The highest BCUT2D eigenvalue weighted by atomic mass is 16.3. The van der Waals surface area contributed by atoms with Gasteiger partial charge >= 0.3 is 0 Å². The normalized spacial score (nSPS) is 11.8. The number of aromatic nitrogens is 2. The number of aryl methyl sites for hydroxylation is 1. The second kappa shape index (κ2) is 4.73. The molecule has 0 radical (unpaired) electrons. The number of benzene rings is 1. The Hall–Kier alpha value is -2.25. The van der Waals surface area contributed by atoms with Crippen molar-refractivity contribution in [1.29, 1.82) is 5.26 Å². The minimum absolute atomic E-state index is 0.500. The summed E-state index contributed by atoms with van der Waals surface area (Å²) < 4.78 is 0. The number of nitriles is 1. The third kappa shape index (κ3) is 2.47. The number of nitrogens with zero attached hydrogens (tertiary/aromatic N) is 3. The van der Waals surface area contributed by atoms with E-state index < -0.39 is 6.10 Å². The first-order valence-corrected chi connectivity index (χ1v) is 5.17. The van der Waals surface area contributed by atoms with Crippen LogP contribution in [0.15, 0.2) is 36.7 Å². The van der Waals surface area contributed by atoms with E-state index in [1.807, 2.05) is 13.0 Å². The first-order valence-electron chi connectivity index (χ1n) is 5.17. The predicted molar refractivity (Wildman–Crippen MR) is 62.0 cm³/mol. The van der Waals surface area contributed by atoms with Crippen LogP contribution in [0.2, 0.25) is 0 Å². The minimum Gasteiger partial charge on any atom is -0.382 e. The van der Waals surface area contributed by atoms with E-state index in [1.54, 1.807) is 36.7 Å². The number of hydrogen-bond acceptors (Lipinski definition) is 4. The standard InChI is InChI=1S/C13H11N3O/c1-9-7-16-12(8-15-9)13(17)11-4-2-10(6-14)3-5-11/h2-5,7-8,13,17H,1H3/t13-/m1/s1. The Labute approximate surface area is 99.2 Å². The van der Waals surface area contributed by atoms with Gasteiger partial charge in [0.15, 0.2) is 0 Å². The zero-order valence-corrected chi connectivity index (χ0v) is 9.33. The van der Waals surface area contributed by atoms with Gasteiger partial charge in [-0.25, -0.2) is 0 Å². The van der Waals surface area contributed by atoms with E-state index >= 15 is 0 Å². The first-order chi connectivity index (χ1) is 8.20. The average Bonchev–Trinajstić information content (AvgIpc) is 2.39. The van der Waals surface area contributed by atoms with Crippen LogP contribution in [0.5, 0.6) is 0 Å². The lowest BCUT2D eigenvalue weighted by molar-refractivity contribution is 0.215. The summed E-state index contributed by atoms with van der Waals surface area (Å²) >= 11 is 0.